The van der Waals surface area contributed by atoms with Crippen LogP contribution in [0.1, 0.15) is 35.9 Å². The highest BCUT2D eigenvalue weighted by Crippen LogP contribution is 2.15. The molecule has 0 aliphatic heterocycles. The summed E-state index contributed by atoms with van der Waals surface area (Å²) in [7, 11) is 0. The molecule has 0 saturated carbocycles. The zero-order valence-electron chi connectivity index (χ0n) is 8.48. The van der Waals surface area contributed by atoms with Gasteiger partial charge < -0.3 is 9.84 Å². The van der Waals surface area contributed by atoms with Crippen LogP contribution < -0.4 is 0 Å². The fourth-order valence-electron chi connectivity index (χ4n) is 1.06. The zero-order chi connectivity index (χ0) is 11.4. The van der Waals surface area contributed by atoms with Gasteiger partial charge in [0.2, 0.25) is 0 Å². The Morgan fingerprint density at radius 1 is 1.67 bits per heavy atom. The van der Waals surface area contributed by atoms with Crippen LogP contribution in [-0.4, -0.2) is 33.8 Å². The van der Waals surface area contributed by atoms with E-state index in [-0.39, 0.29) is 5.69 Å². The molecule has 0 bridgehead atoms. The predicted molar refractivity (Wildman–Crippen MR) is 50.6 cm³/mol. The lowest BCUT2D eigenvalue weighted by Gasteiger charge is -2.07. The van der Waals surface area contributed by atoms with Crippen LogP contribution in [0.5, 0.6) is 0 Å². The summed E-state index contributed by atoms with van der Waals surface area (Å²) < 4.78 is 4.79. The van der Waals surface area contributed by atoms with Crippen LogP contribution >= 0.6 is 0 Å². The first-order chi connectivity index (χ1) is 7.06. The molecule has 82 valence electrons. The summed E-state index contributed by atoms with van der Waals surface area (Å²) in [6.07, 6.45) is 0. The number of carbonyl (C=O) groups is 2. The van der Waals surface area contributed by atoms with Crippen LogP contribution in [0.3, 0.4) is 0 Å². The van der Waals surface area contributed by atoms with E-state index in [2.05, 4.69) is 10.2 Å². The molecule has 1 atom stereocenters. The average Bonchev–Trinajstić information content (AvgIpc) is 2.65. The van der Waals surface area contributed by atoms with Crippen LogP contribution in [0.15, 0.2) is 6.07 Å². The summed E-state index contributed by atoms with van der Waals surface area (Å²) in [5.74, 6) is -2.07. The van der Waals surface area contributed by atoms with Gasteiger partial charge in [-0.1, -0.05) is 0 Å². The molecular formula is C9H12N2O4. The molecule has 1 unspecified atom stereocenters. The fourth-order valence-corrected chi connectivity index (χ4v) is 1.06. The van der Waals surface area contributed by atoms with E-state index < -0.39 is 17.9 Å². The molecule has 1 rings (SSSR count). The first-order valence-corrected chi connectivity index (χ1v) is 4.51. The smallest absolute Gasteiger partial charge is 0.356 e. The number of hydrogen-bond acceptors (Lipinski definition) is 4. The molecule has 0 aliphatic rings. The van der Waals surface area contributed by atoms with E-state index in [1.54, 1.807) is 13.8 Å². The third kappa shape index (κ3) is 2.55. The molecule has 0 saturated heterocycles. The fraction of sp³-hybridized carbons (Fsp3) is 0.444. The van der Waals surface area contributed by atoms with Gasteiger partial charge in [0.25, 0.3) is 0 Å². The molecule has 0 fully saturated rings. The third-order valence-corrected chi connectivity index (χ3v) is 1.92. The molecule has 15 heavy (non-hydrogen) atoms. The van der Waals surface area contributed by atoms with Gasteiger partial charge in [-0.25, -0.2) is 4.79 Å². The maximum atomic E-state index is 11.3. The van der Waals surface area contributed by atoms with Crippen molar-refractivity contribution in [1.29, 1.82) is 0 Å². The Bertz CT molecular complexity index is 372. The molecule has 1 aromatic rings. The van der Waals surface area contributed by atoms with Crippen molar-refractivity contribution >= 4 is 11.9 Å². The normalized spacial score (nSPS) is 12.1. The van der Waals surface area contributed by atoms with Crippen molar-refractivity contribution in [2.24, 2.45) is 0 Å². The lowest BCUT2D eigenvalue weighted by molar-refractivity contribution is -0.144. The van der Waals surface area contributed by atoms with Crippen molar-refractivity contribution in [1.82, 2.24) is 10.2 Å². The number of aromatic amines is 1. The molecule has 6 heteroatoms. The number of H-pyrrole nitrogens is 1. The lowest BCUT2D eigenvalue weighted by Crippen LogP contribution is -2.13. The number of rotatable bonds is 4. The maximum absolute atomic E-state index is 11.3. The van der Waals surface area contributed by atoms with Crippen molar-refractivity contribution in [3.05, 3.63) is 17.5 Å². The number of esters is 1. The standard InChI is InChI=1S/C9H12N2O4/c1-3-15-9(14)5(2)6-4-7(8(12)13)11-10-6/h4-5H,3H2,1-2H3,(H,10,11)(H,12,13). The minimum atomic E-state index is -1.13. The number of carboxylic acids is 1. The van der Waals surface area contributed by atoms with Crippen molar-refractivity contribution in [2.45, 2.75) is 19.8 Å². The van der Waals surface area contributed by atoms with E-state index in [0.717, 1.165) is 0 Å². The number of carbonyl (C=O) groups excluding carboxylic acids is 1. The van der Waals surface area contributed by atoms with Crippen molar-refractivity contribution in [3.63, 3.8) is 0 Å². The van der Waals surface area contributed by atoms with Crippen molar-refractivity contribution in [3.8, 4) is 0 Å². The Morgan fingerprint density at radius 3 is 2.80 bits per heavy atom. The highest BCUT2D eigenvalue weighted by atomic mass is 16.5. The molecule has 2 N–H and O–H groups in total. The van der Waals surface area contributed by atoms with Crippen molar-refractivity contribution < 1.29 is 19.4 Å². The molecule has 0 radical (unpaired) electrons. The molecule has 6 nitrogen and oxygen atoms in total. The number of nitrogens with zero attached hydrogens (tertiary/aromatic N) is 1. The molecule has 0 amide bonds. The molecule has 1 aromatic heterocycles. The Labute approximate surface area is 86.2 Å². The average molecular weight is 212 g/mol. The van der Waals surface area contributed by atoms with Crippen LogP contribution in [0.25, 0.3) is 0 Å². The summed E-state index contributed by atoms with van der Waals surface area (Å²) in [5.41, 5.74) is 0.326. The number of carboxylic acid groups (broad SMARTS) is 1. The van der Waals surface area contributed by atoms with Crippen LogP contribution in [0.4, 0.5) is 0 Å². The summed E-state index contributed by atoms with van der Waals surface area (Å²) in [5, 5.41) is 14.7. The van der Waals surface area contributed by atoms with Gasteiger partial charge in [0.1, 0.15) is 0 Å². The van der Waals surface area contributed by atoms with Gasteiger partial charge in [-0.3, -0.25) is 9.89 Å². The zero-order valence-corrected chi connectivity index (χ0v) is 8.48. The minimum Gasteiger partial charge on any atom is -0.476 e. The van der Waals surface area contributed by atoms with E-state index in [9.17, 15) is 9.59 Å². The van der Waals surface area contributed by atoms with Gasteiger partial charge in [0, 0.05) is 0 Å². The Kier molecular flexibility index (Phi) is 3.43. The molecule has 0 aliphatic carbocycles. The molecule has 0 aromatic carbocycles. The quantitative estimate of drug-likeness (QED) is 0.719. The van der Waals surface area contributed by atoms with Crippen LogP contribution in [0, 0.1) is 0 Å². The summed E-state index contributed by atoms with van der Waals surface area (Å²) in [6.45, 7) is 3.63. The monoisotopic (exact) mass is 212 g/mol. The summed E-state index contributed by atoms with van der Waals surface area (Å²) in [4.78, 5) is 21.8. The predicted octanol–water partition coefficient (Wildman–Crippen LogP) is 0.774. The topological polar surface area (TPSA) is 92.3 Å². The number of nitrogens with one attached hydrogen (secondary N) is 1. The second-order valence-corrected chi connectivity index (χ2v) is 2.99. The second kappa shape index (κ2) is 4.59. The van der Waals surface area contributed by atoms with Gasteiger partial charge >= 0.3 is 11.9 Å². The highest BCUT2D eigenvalue weighted by Gasteiger charge is 2.20. The molecular weight excluding hydrogens is 200 g/mol. The minimum absolute atomic E-state index is 0.110. The number of hydrogen-bond donors (Lipinski definition) is 2. The van der Waals surface area contributed by atoms with Gasteiger partial charge in [0.15, 0.2) is 5.69 Å². The third-order valence-electron chi connectivity index (χ3n) is 1.92. The van der Waals surface area contributed by atoms with Gasteiger partial charge in [-0.15, -0.1) is 0 Å². The summed E-state index contributed by atoms with van der Waals surface area (Å²) in [6, 6.07) is 1.32. The van der Waals surface area contributed by atoms with Crippen LogP contribution in [-0.2, 0) is 9.53 Å². The van der Waals surface area contributed by atoms with Gasteiger partial charge in [-0.2, -0.15) is 5.10 Å². The Hall–Kier alpha value is -1.85. The number of aromatic nitrogens is 2. The van der Waals surface area contributed by atoms with E-state index in [1.807, 2.05) is 0 Å². The molecule has 1 heterocycles. The SMILES string of the molecule is CCOC(=O)C(C)c1cc(C(=O)O)n[nH]1. The maximum Gasteiger partial charge on any atom is 0.356 e. The lowest BCUT2D eigenvalue weighted by atomic mass is 10.1. The first kappa shape index (κ1) is 11.2. The van der Waals surface area contributed by atoms with E-state index in [4.69, 9.17) is 9.84 Å². The van der Waals surface area contributed by atoms with Crippen molar-refractivity contribution in [2.75, 3.05) is 6.61 Å². The Balaban J connectivity index is 2.78. The largest absolute Gasteiger partial charge is 0.476 e. The molecule has 0 spiro atoms. The van der Waals surface area contributed by atoms with E-state index in [0.29, 0.717) is 12.3 Å². The van der Waals surface area contributed by atoms with Gasteiger partial charge in [-0.05, 0) is 19.9 Å². The Morgan fingerprint density at radius 2 is 2.33 bits per heavy atom. The van der Waals surface area contributed by atoms with E-state index in [1.165, 1.54) is 6.07 Å². The highest BCUT2D eigenvalue weighted by molar-refractivity contribution is 5.86. The first-order valence-electron chi connectivity index (χ1n) is 4.51. The summed E-state index contributed by atoms with van der Waals surface area (Å²) >= 11 is 0. The van der Waals surface area contributed by atoms with Gasteiger partial charge in [0.05, 0.1) is 18.2 Å². The van der Waals surface area contributed by atoms with E-state index >= 15 is 0 Å². The van der Waals surface area contributed by atoms with Crippen LogP contribution in [0.2, 0.25) is 0 Å². The number of ether oxygens (including phenoxy) is 1. The second-order valence-electron chi connectivity index (χ2n) is 2.99. The number of aromatic carboxylic acids is 1.